The van der Waals surface area contributed by atoms with Gasteiger partial charge in [0.1, 0.15) is 10.6 Å². The Hall–Kier alpha value is -2.21. The summed E-state index contributed by atoms with van der Waals surface area (Å²) in [4.78, 5) is 0.111. The van der Waals surface area contributed by atoms with Gasteiger partial charge in [-0.25, -0.2) is 8.42 Å². The van der Waals surface area contributed by atoms with E-state index in [-0.39, 0.29) is 4.90 Å². The molecule has 5 nitrogen and oxygen atoms in total. The second-order valence-electron chi connectivity index (χ2n) is 4.83. The number of rotatable bonds is 4. The lowest BCUT2D eigenvalue weighted by Gasteiger charge is -2.13. The van der Waals surface area contributed by atoms with Gasteiger partial charge >= 0.3 is 0 Å². The minimum absolute atomic E-state index is 0.111. The smallest absolute Gasteiger partial charge is 0.265 e. The SMILES string of the molecule is COc1ccc(C)cc1S(=O)(=O)Nc1ccc(N)c(C)c1. The number of nitrogens with two attached hydrogens (primary N) is 1. The fraction of sp³-hybridized carbons (Fsp3) is 0.200. The third-order valence-corrected chi connectivity index (χ3v) is 4.53. The number of hydrogen-bond donors (Lipinski definition) is 2. The van der Waals surface area contributed by atoms with E-state index in [1.807, 2.05) is 13.8 Å². The number of anilines is 2. The van der Waals surface area contributed by atoms with Gasteiger partial charge in [-0.2, -0.15) is 0 Å². The second-order valence-corrected chi connectivity index (χ2v) is 6.48. The number of nitrogens with one attached hydrogen (secondary N) is 1. The van der Waals surface area contributed by atoms with Crippen molar-refractivity contribution in [1.82, 2.24) is 0 Å². The molecule has 0 heterocycles. The zero-order chi connectivity index (χ0) is 15.6. The van der Waals surface area contributed by atoms with Crippen molar-refractivity contribution in [2.24, 2.45) is 0 Å². The van der Waals surface area contributed by atoms with Crippen molar-refractivity contribution < 1.29 is 13.2 Å². The Bertz CT molecular complexity index is 770. The summed E-state index contributed by atoms with van der Waals surface area (Å²) in [5.74, 6) is 0.306. The largest absolute Gasteiger partial charge is 0.495 e. The van der Waals surface area contributed by atoms with E-state index in [1.165, 1.54) is 7.11 Å². The molecule has 0 radical (unpaired) electrons. The van der Waals surface area contributed by atoms with Gasteiger partial charge in [-0.1, -0.05) is 6.07 Å². The van der Waals surface area contributed by atoms with Crippen LogP contribution in [-0.2, 0) is 10.0 Å². The summed E-state index contributed by atoms with van der Waals surface area (Å²) in [6.07, 6.45) is 0. The summed E-state index contributed by atoms with van der Waals surface area (Å²) in [6.45, 7) is 3.65. The Morgan fingerprint density at radius 3 is 2.43 bits per heavy atom. The summed E-state index contributed by atoms with van der Waals surface area (Å²) in [7, 11) is -2.28. The lowest BCUT2D eigenvalue weighted by molar-refractivity contribution is 0.402. The Morgan fingerprint density at radius 2 is 1.81 bits per heavy atom. The first-order valence-electron chi connectivity index (χ1n) is 6.37. The average molecular weight is 306 g/mol. The van der Waals surface area contributed by atoms with Gasteiger partial charge in [0.05, 0.1) is 7.11 Å². The number of benzene rings is 2. The van der Waals surface area contributed by atoms with Crippen LogP contribution in [0.25, 0.3) is 0 Å². The molecule has 0 unspecified atom stereocenters. The number of nitrogen functional groups attached to an aromatic ring is 1. The van der Waals surface area contributed by atoms with Crippen molar-refractivity contribution in [2.75, 3.05) is 17.6 Å². The molecule has 2 aromatic rings. The van der Waals surface area contributed by atoms with Crippen LogP contribution in [0.15, 0.2) is 41.3 Å². The molecule has 21 heavy (non-hydrogen) atoms. The van der Waals surface area contributed by atoms with E-state index in [0.717, 1.165) is 11.1 Å². The summed E-state index contributed by atoms with van der Waals surface area (Å²) in [5, 5.41) is 0. The Kier molecular flexibility index (Phi) is 4.09. The Balaban J connectivity index is 2.42. The quantitative estimate of drug-likeness (QED) is 0.851. The van der Waals surface area contributed by atoms with E-state index in [0.29, 0.717) is 17.1 Å². The standard InChI is InChI=1S/C15H18N2O3S/c1-10-4-7-14(20-3)15(8-10)21(18,19)17-12-5-6-13(16)11(2)9-12/h4-9,17H,16H2,1-3H3. The molecule has 0 aliphatic carbocycles. The van der Waals surface area contributed by atoms with Crippen molar-refractivity contribution in [2.45, 2.75) is 18.7 Å². The second kappa shape index (κ2) is 5.65. The molecule has 2 rings (SSSR count). The first-order chi connectivity index (χ1) is 9.83. The molecule has 0 saturated heterocycles. The molecule has 0 aromatic heterocycles. The summed E-state index contributed by atoms with van der Waals surface area (Å²) >= 11 is 0. The molecule has 0 saturated carbocycles. The molecule has 0 aliphatic heterocycles. The highest BCUT2D eigenvalue weighted by Gasteiger charge is 2.20. The van der Waals surface area contributed by atoms with Crippen LogP contribution in [0.5, 0.6) is 5.75 Å². The van der Waals surface area contributed by atoms with Crippen molar-refractivity contribution in [3.63, 3.8) is 0 Å². The van der Waals surface area contributed by atoms with Gasteiger partial charge in [0, 0.05) is 11.4 Å². The zero-order valence-electron chi connectivity index (χ0n) is 12.2. The molecule has 0 atom stereocenters. The van der Waals surface area contributed by atoms with Gasteiger partial charge in [0.2, 0.25) is 0 Å². The van der Waals surface area contributed by atoms with E-state index >= 15 is 0 Å². The van der Waals surface area contributed by atoms with Gasteiger partial charge in [-0.15, -0.1) is 0 Å². The van der Waals surface area contributed by atoms with E-state index in [1.54, 1.807) is 36.4 Å². The highest BCUT2D eigenvalue weighted by atomic mass is 32.2. The third-order valence-electron chi connectivity index (χ3n) is 3.13. The molecule has 6 heteroatoms. The lowest BCUT2D eigenvalue weighted by atomic mass is 10.2. The van der Waals surface area contributed by atoms with Gasteiger partial charge in [0.25, 0.3) is 10.0 Å². The number of sulfonamides is 1. The molecule has 0 fully saturated rings. The summed E-state index contributed by atoms with van der Waals surface area (Å²) in [6, 6.07) is 9.99. The molecule has 0 amide bonds. The average Bonchev–Trinajstić information content (AvgIpc) is 2.42. The van der Waals surface area contributed by atoms with Gasteiger partial charge < -0.3 is 10.5 Å². The van der Waals surface area contributed by atoms with Gasteiger partial charge in [-0.05, 0) is 55.3 Å². The lowest BCUT2D eigenvalue weighted by Crippen LogP contribution is -2.14. The monoisotopic (exact) mass is 306 g/mol. The maximum absolute atomic E-state index is 12.5. The molecule has 0 spiro atoms. The summed E-state index contributed by atoms with van der Waals surface area (Å²) in [5.41, 5.74) is 8.46. The molecule has 0 bridgehead atoms. The molecule has 3 N–H and O–H groups in total. The predicted octanol–water partition coefficient (Wildman–Crippen LogP) is 2.70. The van der Waals surface area contributed by atoms with Crippen LogP contribution in [0.3, 0.4) is 0 Å². The minimum Gasteiger partial charge on any atom is -0.495 e. The first kappa shape index (κ1) is 15.2. The van der Waals surface area contributed by atoms with Crippen molar-refractivity contribution in [1.29, 1.82) is 0 Å². The van der Waals surface area contributed by atoms with E-state index in [4.69, 9.17) is 10.5 Å². The van der Waals surface area contributed by atoms with Crippen LogP contribution in [0.1, 0.15) is 11.1 Å². The van der Waals surface area contributed by atoms with Crippen LogP contribution >= 0.6 is 0 Å². The fourth-order valence-electron chi connectivity index (χ4n) is 1.94. The number of aryl methyl sites for hydroxylation is 2. The van der Waals surface area contributed by atoms with Crippen LogP contribution in [0.2, 0.25) is 0 Å². The van der Waals surface area contributed by atoms with Crippen molar-refractivity contribution >= 4 is 21.4 Å². The van der Waals surface area contributed by atoms with E-state index in [9.17, 15) is 8.42 Å². The van der Waals surface area contributed by atoms with E-state index < -0.39 is 10.0 Å². The third kappa shape index (κ3) is 3.28. The van der Waals surface area contributed by atoms with Gasteiger partial charge in [-0.3, -0.25) is 4.72 Å². The number of ether oxygens (including phenoxy) is 1. The molecule has 112 valence electrons. The predicted molar refractivity (Wildman–Crippen MR) is 84.1 cm³/mol. The molecule has 0 aliphatic rings. The van der Waals surface area contributed by atoms with Gasteiger partial charge in [0.15, 0.2) is 0 Å². The normalized spacial score (nSPS) is 11.2. The summed E-state index contributed by atoms with van der Waals surface area (Å²) < 4.78 is 32.7. The fourth-order valence-corrected chi connectivity index (χ4v) is 3.25. The highest BCUT2D eigenvalue weighted by Crippen LogP contribution is 2.27. The maximum atomic E-state index is 12.5. The number of methoxy groups -OCH3 is 1. The minimum atomic E-state index is -3.72. The van der Waals surface area contributed by atoms with Crippen LogP contribution in [0, 0.1) is 13.8 Å². The van der Waals surface area contributed by atoms with Crippen molar-refractivity contribution in [3.05, 3.63) is 47.5 Å². The Morgan fingerprint density at radius 1 is 1.10 bits per heavy atom. The number of hydrogen-bond acceptors (Lipinski definition) is 4. The molecule has 2 aromatic carbocycles. The van der Waals surface area contributed by atoms with Crippen molar-refractivity contribution in [3.8, 4) is 5.75 Å². The molecular weight excluding hydrogens is 288 g/mol. The topological polar surface area (TPSA) is 81.4 Å². The van der Waals surface area contributed by atoms with Crippen LogP contribution < -0.4 is 15.2 Å². The zero-order valence-corrected chi connectivity index (χ0v) is 13.0. The highest BCUT2D eigenvalue weighted by molar-refractivity contribution is 7.92. The Labute approximate surface area is 124 Å². The molecular formula is C15H18N2O3S. The van der Waals surface area contributed by atoms with E-state index in [2.05, 4.69) is 4.72 Å². The maximum Gasteiger partial charge on any atom is 0.265 e. The van der Waals surface area contributed by atoms with Crippen LogP contribution in [-0.4, -0.2) is 15.5 Å². The van der Waals surface area contributed by atoms with Crippen LogP contribution in [0.4, 0.5) is 11.4 Å². The first-order valence-corrected chi connectivity index (χ1v) is 7.85.